The molecule has 2 N–H and O–H groups in total. The van der Waals surface area contributed by atoms with Gasteiger partial charge in [0.1, 0.15) is 5.52 Å². The number of carbonyl (C=O) groups is 1. The number of nitrogens with zero attached hydrogens (tertiary/aromatic N) is 4. The molecule has 164 valence electrons. The molecule has 4 aromatic rings. The van der Waals surface area contributed by atoms with Crippen LogP contribution in [0.3, 0.4) is 0 Å². The molecule has 4 heterocycles. The van der Waals surface area contributed by atoms with Crippen molar-refractivity contribution in [2.24, 2.45) is 0 Å². The van der Waals surface area contributed by atoms with Gasteiger partial charge in [0.05, 0.1) is 23.1 Å². The lowest BCUT2D eigenvalue weighted by Gasteiger charge is -2.33. The molecule has 0 saturated carbocycles. The summed E-state index contributed by atoms with van der Waals surface area (Å²) in [7, 11) is 0. The van der Waals surface area contributed by atoms with Crippen molar-refractivity contribution in [1.29, 1.82) is 0 Å². The molecule has 0 unspecified atom stereocenters. The maximum atomic E-state index is 14.4. The normalized spacial score (nSPS) is 21.2. The Bertz CT molecular complexity index is 1320. The molecule has 7 nitrogen and oxygen atoms in total. The van der Waals surface area contributed by atoms with Gasteiger partial charge in [-0.3, -0.25) is 4.79 Å². The van der Waals surface area contributed by atoms with E-state index in [9.17, 15) is 9.18 Å². The Labute approximate surface area is 185 Å². The maximum Gasteiger partial charge on any atom is 0.257 e. The molecule has 5 rings (SSSR count). The monoisotopic (exact) mass is 432 g/mol. The van der Waals surface area contributed by atoms with Crippen LogP contribution in [0.1, 0.15) is 54.2 Å². The Hall–Kier alpha value is -3.39. The number of piperidine rings is 1. The summed E-state index contributed by atoms with van der Waals surface area (Å²) in [5, 5.41) is 15.6. The highest BCUT2D eigenvalue weighted by Crippen LogP contribution is 2.35. The van der Waals surface area contributed by atoms with Crippen LogP contribution in [0.15, 0.2) is 42.9 Å². The smallest absolute Gasteiger partial charge is 0.257 e. The zero-order valence-electron chi connectivity index (χ0n) is 18.3. The van der Waals surface area contributed by atoms with Crippen LogP contribution in [0.4, 0.5) is 10.1 Å². The predicted molar refractivity (Wildman–Crippen MR) is 121 cm³/mol. The molecule has 3 aromatic heterocycles. The van der Waals surface area contributed by atoms with E-state index in [0.29, 0.717) is 40.5 Å². The van der Waals surface area contributed by atoms with Crippen LogP contribution in [0.5, 0.6) is 0 Å². The van der Waals surface area contributed by atoms with Crippen molar-refractivity contribution in [3.8, 4) is 0 Å². The summed E-state index contributed by atoms with van der Waals surface area (Å²) >= 11 is 0. The van der Waals surface area contributed by atoms with Crippen molar-refractivity contribution >= 4 is 28.1 Å². The number of hydrogen-bond acceptors (Lipinski definition) is 5. The Morgan fingerprint density at radius 1 is 1.19 bits per heavy atom. The van der Waals surface area contributed by atoms with Gasteiger partial charge in [0.25, 0.3) is 5.91 Å². The van der Waals surface area contributed by atoms with Crippen molar-refractivity contribution in [3.05, 3.63) is 65.5 Å². The highest BCUT2D eigenvalue weighted by molar-refractivity contribution is 6.12. The zero-order chi connectivity index (χ0) is 22.4. The van der Waals surface area contributed by atoms with Gasteiger partial charge < -0.3 is 15.0 Å². The van der Waals surface area contributed by atoms with E-state index in [1.54, 1.807) is 36.0 Å². The van der Waals surface area contributed by atoms with Gasteiger partial charge in [0, 0.05) is 35.9 Å². The Kier molecular flexibility index (Phi) is 5.09. The van der Waals surface area contributed by atoms with Gasteiger partial charge in [-0.05, 0) is 57.2 Å². The number of rotatable bonds is 3. The van der Waals surface area contributed by atoms with E-state index < -0.39 is 5.82 Å². The molecular formula is C24H25FN6O. The molecule has 1 aromatic carbocycles. The number of aryl methyl sites for hydroxylation is 1. The molecule has 8 heteroatoms. The van der Waals surface area contributed by atoms with Crippen LogP contribution in [-0.4, -0.2) is 37.6 Å². The Morgan fingerprint density at radius 3 is 2.75 bits per heavy atom. The predicted octanol–water partition coefficient (Wildman–Crippen LogP) is 4.22. The molecular weight excluding hydrogens is 407 g/mol. The van der Waals surface area contributed by atoms with Crippen LogP contribution in [-0.2, 0) is 0 Å². The summed E-state index contributed by atoms with van der Waals surface area (Å²) in [6.45, 7) is 6.19. The summed E-state index contributed by atoms with van der Waals surface area (Å²) in [6, 6.07) is 7.87. The average molecular weight is 433 g/mol. The lowest BCUT2D eigenvalue weighted by molar-refractivity contribution is 0.102. The molecule has 0 aliphatic carbocycles. The molecule has 1 saturated heterocycles. The van der Waals surface area contributed by atoms with Crippen LogP contribution < -0.4 is 10.6 Å². The summed E-state index contributed by atoms with van der Waals surface area (Å²) < 4.78 is 16.0. The number of imidazole rings is 1. The van der Waals surface area contributed by atoms with Crippen molar-refractivity contribution in [1.82, 2.24) is 24.9 Å². The molecule has 1 amide bonds. The third kappa shape index (κ3) is 3.71. The fourth-order valence-corrected chi connectivity index (χ4v) is 4.92. The lowest BCUT2D eigenvalue weighted by atomic mass is 9.82. The highest BCUT2D eigenvalue weighted by Gasteiger charge is 2.27. The average Bonchev–Trinajstić information content (AvgIpc) is 3.13. The third-order valence-corrected chi connectivity index (χ3v) is 6.13. The summed E-state index contributed by atoms with van der Waals surface area (Å²) in [5.41, 5.74) is 3.43. The maximum absolute atomic E-state index is 14.4. The molecule has 0 bridgehead atoms. The number of amides is 1. The quantitative estimate of drug-likeness (QED) is 0.506. The summed E-state index contributed by atoms with van der Waals surface area (Å²) in [5.74, 6) is -0.472. The van der Waals surface area contributed by atoms with Gasteiger partial charge >= 0.3 is 0 Å². The Morgan fingerprint density at radius 2 is 1.97 bits per heavy atom. The lowest BCUT2D eigenvalue weighted by Crippen LogP contribution is -2.41. The van der Waals surface area contributed by atoms with Gasteiger partial charge in [-0.2, -0.15) is 5.10 Å². The van der Waals surface area contributed by atoms with Gasteiger partial charge in [0.2, 0.25) is 0 Å². The summed E-state index contributed by atoms with van der Waals surface area (Å²) in [4.78, 5) is 17.3. The van der Waals surface area contributed by atoms with Crippen molar-refractivity contribution in [2.45, 2.75) is 51.6 Å². The second kappa shape index (κ2) is 7.94. The zero-order valence-corrected chi connectivity index (χ0v) is 18.3. The first kappa shape index (κ1) is 20.5. The number of anilines is 1. The van der Waals surface area contributed by atoms with Crippen LogP contribution >= 0.6 is 0 Å². The van der Waals surface area contributed by atoms with E-state index in [0.717, 1.165) is 18.2 Å². The second-order valence-corrected chi connectivity index (χ2v) is 8.78. The number of pyridine rings is 1. The minimum absolute atomic E-state index is 0.228. The molecule has 1 aliphatic heterocycles. The molecule has 0 spiro atoms. The number of nitrogens with one attached hydrogen (secondary N) is 2. The van der Waals surface area contributed by atoms with Crippen molar-refractivity contribution in [2.75, 3.05) is 5.32 Å². The third-order valence-electron chi connectivity index (χ3n) is 6.13. The standard InChI is InChI=1S/C24H25FN6O/c1-13-8-16(9-14(2)27-13)18-4-5-20(22-19(18)6-7-26-30-22)24(32)29-17-10-21(25)23-28-15(3)11-31(23)12-17/h4-7,10-14,16,27H,8-9H2,1-3H3,(H,29,32)/t13-,14-/m0/s1. The molecule has 2 atom stereocenters. The largest absolute Gasteiger partial charge is 0.320 e. The molecule has 0 radical (unpaired) electrons. The van der Waals surface area contributed by atoms with Crippen molar-refractivity contribution < 1.29 is 9.18 Å². The second-order valence-electron chi connectivity index (χ2n) is 8.78. The van der Waals surface area contributed by atoms with Gasteiger partial charge in [-0.1, -0.05) is 6.07 Å². The Balaban J connectivity index is 1.50. The number of halogens is 1. The number of carbonyl (C=O) groups excluding carboxylic acids is 1. The molecule has 1 fully saturated rings. The van der Waals surface area contributed by atoms with E-state index in [1.165, 1.54) is 11.6 Å². The highest BCUT2D eigenvalue weighted by atomic mass is 19.1. The van der Waals surface area contributed by atoms with E-state index in [2.05, 4.69) is 39.7 Å². The molecule has 1 aliphatic rings. The first-order chi connectivity index (χ1) is 15.4. The number of hydrogen-bond donors (Lipinski definition) is 2. The minimum Gasteiger partial charge on any atom is -0.320 e. The van der Waals surface area contributed by atoms with Gasteiger partial charge in [0.15, 0.2) is 11.5 Å². The van der Waals surface area contributed by atoms with E-state index >= 15 is 0 Å². The van der Waals surface area contributed by atoms with Gasteiger partial charge in [-0.15, -0.1) is 5.10 Å². The number of fused-ring (bicyclic) bond motifs is 2. The van der Waals surface area contributed by atoms with Crippen LogP contribution in [0.2, 0.25) is 0 Å². The van der Waals surface area contributed by atoms with Gasteiger partial charge in [-0.25, -0.2) is 9.37 Å². The number of benzene rings is 1. The topological polar surface area (TPSA) is 84.2 Å². The first-order valence-electron chi connectivity index (χ1n) is 10.9. The summed E-state index contributed by atoms with van der Waals surface area (Å²) in [6.07, 6.45) is 7.07. The van der Waals surface area contributed by atoms with Crippen molar-refractivity contribution in [3.63, 3.8) is 0 Å². The minimum atomic E-state index is -0.495. The number of aromatic nitrogens is 4. The SMILES string of the molecule is Cc1cn2cc(NC(=O)c3ccc(C4C[C@H](C)N[C@@H](C)C4)c4ccnnc34)cc(F)c2n1. The fraction of sp³-hybridized carbons (Fsp3) is 0.333. The fourth-order valence-electron chi connectivity index (χ4n) is 4.92. The van der Waals surface area contributed by atoms with Crippen LogP contribution in [0, 0.1) is 12.7 Å². The van der Waals surface area contributed by atoms with E-state index in [4.69, 9.17) is 0 Å². The van der Waals surface area contributed by atoms with E-state index in [-0.39, 0.29) is 11.6 Å². The molecule has 32 heavy (non-hydrogen) atoms. The van der Waals surface area contributed by atoms with Crippen LogP contribution in [0.25, 0.3) is 16.6 Å². The first-order valence-corrected chi connectivity index (χ1v) is 10.9. The van der Waals surface area contributed by atoms with E-state index in [1.807, 2.05) is 12.1 Å².